The number of rotatable bonds is 11. The first-order chi connectivity index (χ1) is 9.87. The summed E-state index contributed by atoms with van der Waals surface area (Å²) < 4.78 is 19.5. The van der Waals surface area contributed by atoms with Crippen LogP contribution < -0.4 is 5.09 Å². The number of hydrogen-bond acceptors (Lipinski definition) is 4. The Morgan fingerprint density at radius 1 is 1.33 bits per heavy atom. The Bertz CT molecular complexity index is 300. The van der Waals surface area contributed by atoms with Crippen LogP contribution in [0.25, 0.3) is 0 Å². The van der Waals surface area contributed by atoms with Gasteiger partial charge in [-0.2, -0.15) is 0 Å². The molecule has 0 aliphatic carbocycles. The minimum Gasteiger partial charge on any atom is -0.481 e. The summed E-state index contributed by atoms with van der Waals surface area (Å²) in [5, 5.41) is 19.0. The molecular weight excluding hydrogens is 342 g/mol. The summed E-state index contributed by atoms with van der Waals surface area (Å²) >= 11 is 11.3. The maximum Gasteiger partial charge on any atom is 0.343 e. The topological polar surface area (TPSA) is 99.1 Å². The van der Waals surface area contributed by atoms with E-state index in [1.165, 1.54) is 0 Å². The molecule has 0 bridgehead atoms. The lowest BCUT2D eigenvalue weighted by molar-refractivity contribution is -0.134. The number of halogens is 2. The van der Waals surface area contributed by atoms with Gasteiger partial charge >= 0.3 is 7.67 Å². The van der Waals surface area contributed by atoms with Crippen LogP contribution in [0, 0.1) is 0 Å². The molecule has 0 amide bonds. The number of aliphatic hydroxyl groups excluding tert-OH is 1. The van der Waals surface area contributed by atoms with E-state index in [9.17, 15) is 4.57 Å². The van der Waals surface area contributed by atoms with Crippen LogP contribution in [0.5, 0.6) is 0 Å². The van der Waals surface area contributed by atoms with Gasteiger partial charge in [0.15, 0.2) is 0 Å². The minimum absolute atomic E-state index is 0.0458. The summed E-state index contributed by atoms with van der Waals surface area (Å²) in [5.41, 5.74) is 0. The second kappa shape index (κ2) is 15.0. The predicted octanol–water partition coefficient (Wildman–Crippen LogP) is 1.97. The molecule has 7 nitrogen and oxygen atoms in total. The number of aliphatic carboxylic acids is 1. The molecule has 3 N–H and O–H groups in total. The van der Waals surface area contributed by atoms with Crippen LogP contribution in [-0.4, -0.2) is 65.5 Å². The number of carboxylic acids is 1. The fourth-order valence-electron chi connectivity index (χ4n) is 1.27. The summed E-state index contributed by atoms with van der Waals surface area (Å²) in [4.78, 5) is 9.00. The predicted molar refractivity (Wildman–Crippen MR) is 85.3 cm³/mol. The number of nitrogens with one attached hydrogen (secondary N) is 1. The van der Waals surface area contributed by atoms with E-state index >= 15 is 0 Å². The van der Waals surface area contributed by atoms with E-state index in [0.717, 1.165) is 6.92 Å². The molecule has 0 aliphatic rings. The number of carboxylic acid groups (broad SMARTS) is 1. The van der Waals surface area contributed by atoms with E-state index in [4.69, 9.17) is 42.7 Å². The van der Waals surface area contributed by atoms with E-state index in [1.807, 2.05) is 0 Å². The van der Waals surface area contributed by atoms with E-state index in [1.54, 1.807) is 11.6 Å². The zero-order chi connectivity index (χ0) is 16.7. The highest BCUT2D eigenvalue weighted by Crippen LogP contribution is 2.46. The van der Waals surface area contributed by atoms with Crippen molar-refractivity contribution >= 4 is 36.8 Å². The first kappa shape index (κ1) is 23.4. The molecule has 0 radical (unpaired) electrons. The van der Waals surface area contributed by atoms with Crippen LogP contribution in [0.2, 0.25) is 0 Å². The van der Waals surface area contributed by atoms with Crippen molar-refractivity contribution < 1.29 is 24.1 Å². The molecule has 128 valence electrons. The van der Waals surface area contributed by atoms with Gasteiger partial charge in [0.05, 0.1) is 6.61 Å². The second-order valence-electron chi connectivity index (χ2n) is 3.77. The molecule has 0 aromatic carbocycles. The zero-order valence-electron chi connectivity index (χ0n) is 12.4. The summed E-state index contributed by atoms with van der Waals surface area (Å²) in [5.74, 6) is -0.120. The van der Waals surface area contributed by atoms with E-state index in [0.29, 0.717) is 44.4 Å². The fourth-order valence-corrected chi connectivity index (χ4v) is 3.89. The maximum absolute atomic E-state index is 12.6. The first-order valence-electron chi connectivity index (χ1n) is 6.55. The Balaban J connectivity index is 0. The van der Waals surface area contributed by atoms with Gasteiger partial charge in [-0.05, 0) is 13.3 Å². The molecule has 0 aromatic rings. The molecule has 1 atom stereocenters. The highest BCUT2D eigenvalue weighted by Gasteiger charge is 2.30. The minimum atomic E-state index is -3.09. The molecule has 1 unspecified atom stereocenters. The molecule has 10 heteroatoms. The van der Waals surface area contributed by atoms with Gasteiger partial charge in [0, 0.05) is 44.9 Å². The Morgan fingerprint density at radius 2 is 1.81 bits per heavy atom. The number of nitrogens with zero attached hydrogens (tertiary/aromatic N) is 1. The molecule has 0 fully saturated rings. The second-order valence-corrected chi connectivity index (χ2v) is 6.71. The summed E-state index contributed by atoms with van der Waals surface area (Å²) in [6, 6.07) is 0. The third kappa shape index (κ3) is 13.5. The van der Waals surface area contributed by atoms with Crippen molar-refractivity contribution in [1.29, 1.82) is 0 Å². The Labute approximate surface area is 136 Å². The van der Waals surface area contributed by atoms with Crippen molar-refractivity contribution in [3.05, 3.63) is 0 Å². The summed E-state index contributed by atoms with van der Waals surface area (Å²) in [6.45, 7) is 4.55. The van der Waals surface area contributed by atoms with Crippen LogP contribution in [0.3, 0.4) is 0 Å². The fraction of sp³-hybridized carbons (Fsp3) is 0.909. The van der Waals surface area contributed by atoms with Gasteiger partial charge in [0.2, 0.25) is 0 Å². The lowest BCUT2D eigenvalue weighted by atomic mass is 10.5. The van der Waals surface area contributed by atoms with Crippen LogP contribution in [0.15, 0.2) is 0 Å². The number of aliphatic hydroxyl groups is 1. The molecule has 0 heterocycles. The first-order valence-corrected chi connectivity index (χ1v) is 9.20. The number of alkyl halides is 2. The van der Waals surface area contributed by atoms with Crippen LogP contribution in [0.4, 0.5) is 0 Å². The SMILES string of the molecule is CC(=O)O.CCOP(=O)(NCCCO)N(CCCl)CCCl. The summed E-state index contributed by atoms with van der Waals surface area (Å²) in [7, 11) is -3.09. The van der Waals surface area contributed by atoms with Crippen molar-refractivity contribution in [2.24, 2.45) is 0 Å². The summed E-state index contributed by atoms with van der Waals surface area (Å²) in [6.07, 6.45) is 0.520. The molecule has 0 aromatic heterocycles. The smallest absolute Gasteiger partial charge is 0.343 e. The van der Waals surface area contributed by atoms with Gasteiger partial charge in [0.1, 0.15) is 0 Å². The van der Waals surface area contributed by atoms with Crippen molar-refractivity contribution in [3.63, 3.8) is 0 Å². The Hall–Kier alpha value is 0.120. The lowest BCUT2D eigenvalue weighted by Crippen LogP contribution is -2.33. The standard InChI is InChI=1S/C9H21Cl2N2O3P.C2H4O2/c1-2-16-17(15,12-6-3-9-14)13(7-4-10)8-5-11;1-2(3)4/h14H,2-9H2,1H3,(H,12,15);1H3,(H,3,4). The van der Waals surface area contributed by atoms with E-state index < -0.39 is 13.6 Å². The van der Waals surface area contributed by atoms with Gasteiger partial charge in [-0.25, -0.2) is 9.76 Å². The molecule has 0 spiro atoms. The van der Waals surface area contributed by atoms with Crippen molar-refractivity contribution in [3.8, 4) is 0 Å². The van der Waals surface area contributed by atoms with Crippen LogP contribution >= 0.6 is 30.9 Å². The molecule has 21 heavy (non-hydrogen) atoms. The van der Waals surface area contributed by atoms with Gasteiger partial charge in [-0.3, -0.25) is 9.36 Å². The van der Waals surface area contributed by atoms with Crippen molar-refractivity contribution in [2.75, 3.05) is 44.6 Å². The van der Waals surface area contributed by atoms with Crippen LogP contribution in [-0.2, 0) is 13.9 Å². The van der Waals surface area contributed by atoms with Gasteiger partial charge in [-0.15, -0.1) is 23.2 Å². The number of carbonyl (C=O) groups is 1. The third-order valence-electron chi connectivity index (χ3n) is 2.01. The van der Waals surface area contributed by atoms with Gasteiger partial charge in [0.25, 0.3) is 5.97 Å². The maximum atomic E-state index is 12.6. The van der Waals surface area contributed by atoms with Crippen molar-refractivity contribution in [2.45, 2.75) is 20.3 Å². The van der Waals surface area contributed by atoms with Gasteiger partial charge < -0.3 is 14.7 Å². The zero-order valence-corrected chi connectivity index (χ0v) is 14.8. The highest BCUT2D eigenvalue weighted by atomic mass is 35.5. The molecular formula is C11H25Cl2N2O5P. The quantitative estimate of drug-likeness (QED) is 0.292. The monoisotopic (exact) mass is 366 g/mol. The third-order valence-corrected chi connectivity index (χ3v) is 4.72. The molecule has 0 saturated heterocycles. The lowest BCUT2D eigenvalue weighted by Gasteiger charge is -2.30. The van der Waals surface area contributed by atoms with E-state index in [-0.39, 0.29) is 6.61 Å². The normalized spacial score (nSPS) is 13.4. The van der Waals surface area contributed by atoms with Crippen molar-refractivity contribution in [1.82, 2.24) is 9.76 Å². The number of hydrogen-bond donors (Lipinski definition) is 3. The highest BCUT2D eigenvalue weighted by molar-refractivity contribution is 7.54. The molecule has 0 saturated carbocycles. The van der Waals surface area contributed by atoms with E-state index in [2.05, 4.69) is 5.09 Å². The Kier molecular flexibility index (Phi) is 16.7. The average molecular weight is 367 g/mol. The largest absolute Gasteiger partial charge is 0.481 e. The van der Waals surface area contributed by atoms with Gasteiger partial charge in [-0.1, -0.05) is 0 Å². The van der Waals surface area contributed by atoms with Crippen LogP contribution in [0.1, 0.15) is 20.3 Å². The Morgan fingerprint density at radius 3 is 2.14 bits per heavy atom. The average Bonchev–Trinajstić information content (AvgIpc) is 2.38. The molecule has 0 rings (SSSR count). The molecule has 0 aliphatic heterocycles.